The van der Waals surface area contributed by atoms with E-state index >= 15 is 0 Å². The molecule has 3 unspecified atom stereocenters. The van der Waals surface area contributed by atoms with Crippen LogP contribution < -0.4 is 5.32 Å². The molecule has 3 N–H and O–H groups in total. The minimum atomic E-state index is -0.945. The largest absolute Gasteiger partial charge is 0.481 e. The Bertz CT molecular complexity index is 600. The zero-order valence-corrected chi connectivity index (χ0v) is 10.6. The van der Waals surface area contributed by atoms with E-state index in [2.05, 4.69) is 10.3 Å². The number of rotatable bonds is 2. The number of aliphatic carboxylic acids is 2. The first-order chi connectivity index (χ1) is 9.58. The minimum absolute atomic E-state index is 0.378. The van der Waals surface area contributed by atoms with Gasteiger partial charge in [-0.25, -0.2) is 0 Å². The zero-order valence-electron chi connectivity index (χ0n) is 10.6. The molecule has 0 spiro atoms. The molecular weight excluding hydrogens is 260 g/mol. The molecule has 6 nitrogen and oxygen atoms in total. The summed E-state index contributed by atoms with van der Waals surface area (Å²) in [5.41, 5.74) is 1.92. The van der Waals surface area contributed by atoms with Gasteiger partial charge in [0.05, 0.1) is 11.7 Å². The van der Waals surface area contributed by atoms with Gasteiger partial charge in [-0.3, -0.25) is 14.6 Å². The van der Waals surface area contributed by atoms with Gasteiger partial charge in [0.25, 0.3) is 0 Å². The third-order valence-electron chi connectivity index (χ3n) is 3.79. The van der Waals surface area contributed by atoms with Gasteiger partial charge in [0.1, 0.15) is 11.8 Å². The van der Waals surface area contributed by atoms with Gasteiger partial charge in [0.2, 0.25) is 0 Å². The lowest BCUT2D eigenvalue weighted by atomic mass is 9.85. The summed E-state index contributed by atoms with van der Waals surface area (Å²) in [6, 6.07) is -0.378. The molecule has 0 amide bonds. The van der Waals surface area contributed by atoms with E-state index in [1.54, 1.807) is 24.3 Å². The lowest BCUT2D eigenvalue weighted by molar-refractivity contribution is -0.141. The molecule has 0 radical (unpaired) electrons. The summed E-state index contributed by atoms with van der Waals surface area (Å²) in [5, 5.41) is 21.6. The first-order valence-electron chi connectivity index (χ1n) is 6.44. The van der Waals surface area contributed by atoms with Gasteiger partial charge in [-0.05, 0) is 0 Å². The fourth-order valence-electron chi connectivity index (χ4n) is 2.81. The fourth-order valence-corrected chi connectivity index (χ4v) is 2.81. The van der Waals surface area contributed by atoms with Crippen molar-refractivity contribution in [1.29, 1.82) is 0 Å². The van der Waals surface area contributed by atoms with E-state index in [1.165, 1.54) is 0 Å². The van der Waals surface area contributed by atoms with Crippen LogP contribution in [-0.4, -0.2) is 33.9 Å². The van der Waals surface area contributed by atoms with Crippen LogP contribution in [0.2, 0.25) is 0 Å². The number of hydrogen-bond donors (Lipinski definition) is 3. The highest BCUT2D eigenvalue weighted by atomic mass is 16.4. The molecule has 6 heteroatoms. The average Bonchev–Trinajstić information content (AvgIpc) is 2.43. The van der Waals surface area contributed by atoms with E-state index in [0.29, 0.717) is 24.3 Å². The molecule has 104 valence electrons. The number of allylic oxidation sites excluding steroid dienone is 2. The Labute approximate surface area is 115 Å². The van der Waals surface area contributed by atoms with Crippen molar-refractivity contribution in [3.63, 3.8) is 0 Å². The van der Waals surface area contributed by atoms with Gasteiger partial charge in [-0.1, -0.05) is 24.3 Å². The second kappa shape index (κ2) is 4.63. The van der Waals surface area contributed by atoms with Crippen LogP contribution in [-0.2, 0) is 9.59 Å². The third kappa shape index (κ3) is 1.93. The van der Waals surface area contributed by atoms with Crippen molar-refractivity contribution in [1.82, 2.24) is 5.32 Å². The Kier molecular flexibility index (Phi) is 2.93. The van der Waals surface area contributed by atoms with E-state index in [9.17, 15) is 19.8 Å². The van der Waals surface area contributed by atoms with Crippen LogP contribution in [0.25, 0.3) is 0 Å². The van der Waals surface area contributed by atoms with Gasteiger partial charge in [-0.2, -0.15) is 0 Å². The highest BCUT2D eigenvalue weighted by Crippen LogP contribution is 2.32. The normalized spacial score (nSPS) is 31.0. The van der Waals surface area contributed by atoms with Crippen LogP contribution in [0.15, 0.2) is 40.7 Å². The van der Waals surface area contributed by atoms with E-state index in [1.807, 2.05) is 0 Å². The number of nitrogens with zero attached hydrogens (tertiary/aromatic N) is 1. The maximum absolute atomic E-state index is 11.3. The molecule has 3 aliphatic rings. The molecule has 20 heavy (non-hydrogen) atoms. The first-order valence-corrected chi connectivity index (χ1v) is 6.44. The summed E-state index contributed by atoms with van der Waals surface area (Å²) >= 11 is 0. The number of carboxylic acids is 2. The quantitative estimate of drug-likeness (QED) is 0.651. The number of carbonyl (C=O) groups is 2. The van der Waals surface area contributed by atoms with Gasteiger partial charge < -0.3 is 15.5 Å². The molecule has 0 saturated heterocycles. The molecule has 0 saturated carbocycles. The van der Waals surface area contributed by atoms with Crippen LogP contribution in [0.5, 0.6) is 0 Å². The molecular formula is C14H14N2O4. The monoisotopic (exact) mass is 274 g/mol. The molecule has 0 aromatic carbocycles. The van der Waals surface area contributed by atoms with Crippen molar-refractivity contribution >= 4 is 17.7 Å². The Hall–Kier alpha value is -2.37. The second-order valence-electron chi connectivity index (χ2n) is 5.03. The van der Waals surface area contributed by atoms with Crippen LogP contribution >= 0.6 is 0 Å². The maximum Gasteiger partial charge on any atom is 0.316 e. The molecule has 0 fully saturated rings. The topological polar surface area (TPSA) is 99.0 Å². The van der Waals surface area contributed by atoms with Crippen molar-refractivity contribution in [3.8, 4) is 0 Å². The SMILES string of the molecule is O=C(O)C1C=CCC2=C1N=C1CC=CC(C(=O)O)C1N2. The standard InChI is InChI=1S/C14H14N2O4/c17-13(18)7-3-1-5-9-11(7)16-10-6-2-4-8(14(19)20)12(10)15-9/h1-4,7-8,11,16H,5-6H2,(H,17,18)(H,19,20). The third-order valence-corrected chi connectivity index (χ3v) is 3.79. The average molecular weight is 274 g/mol. The van der Waals surface area contributed by atoms with E-state index in [4.69, 9.17) is 0 Å². The molecule has 0 aromatic heterocycles. The predicted molar refractivity (Wildman–Crippen MR) is 71.2 cm³/mol. The van der Waals surface area contributed by atoms with Crippen molar-refractivity contribution in [2.24, 2.45) is 16.8 Å². The smallest absolute Gasteiger partial charge is 0.316 e. The summed E-state index contributed by atoms with van der Waals surface area (Å²) in [6.45, 7) is 0. The van der Waals surface area contributed by atoms with Crippen molar-refractivity contribution < 1.29 is 19.8 Å². The van der Waals surface area contributed by atoms with Crippen molar-refractivity contribution in [2.45, 2.75) is 18.9 Å². The highest BCUT2D eigenvalue weighted by molar-refractivity contribution is 5.98. The molecule has 3 rings (SSSR count). The number of hydrogen-bond acceptors (Lipinski definition) is 4. The molecule has 1 aliphatic heterocycles. The summed E-state index contributed by atoms with van der Waals surface area (Å²) in [6.07, 6.45) is 7.95. The minimum Gasteiger partial charge on any atom is -0.481 e. The Balaban J connectivity index is 1.97. The van der Waals surface area contributed by atoms with Crippen LogP contribution in [0.4, 0.5) is 0 Å². The number of aliphatic imine (C=N–C) groups is 1. The maximum atomic E-state index is 11.3. The van der Waals surface area contributed by atoms with Crippen LogP contribution in [0.3, 0.4) is 0 Å². The highest BCUT2D eigenvalue weighted by Gasteiger charge is 2.38. The molecule has 0 bridgehead atoms. The van der Waals surface area contributed by atoms with E-state index < -0.39 is 23.8 Å². The summed E-state index contributed by atoms with van der Waals surface area (Å²) in [4.78, 5) is 27.0. The predicted octanol–water partition coefficient (Wildman–Crippen LogP) is 0.932. The molecule has 2 aliphatic carbocycles. The summed E-state index contributed by atoms with van der Waals surface area (Å²) in [5.74, 6) is -3.27. The molecule has 1 heterocycles. The number of carboxylic acid groups (broad SMARTS) is 2. The Morgan fingerprint density at radius 2 is 1.90 bits per heavy atom. The van der Waals surface area contributed by atoms with Crippen molar-refractivity contribution in [2.75, 3.05) is 0 Å². The van der Waals surface area contributed by atoms with Crippen LogP contribution in [0.1, 0.15) is 12.8 Å². The lowest BCUT2D eigenvalue weighted by Crippen LogP contribution is -2.49. The van der Waals surface area contributed by atoms with Gasteiger partial charge >= 0.3 is 11.9 Å². The molecule has 3 atom stereocenters. The summed E-state index contributed by atoms with van der Waals surface area (Å²) < 4.78 is 0. The van der Waals surface area contributed by atoms with E-state index in [0.717, 1.165) is 5.70 Å². The number of nitrogens with one attached hydrogen (secondary N) is 1. The first kappa shape index (κ1) is 12.7. The lowest BCUT2D eigenvalue weighted by Gasteiger charge is -2.35. The van der Waals surface area contributed by atoms with Gasteiger partial charge in [0.15, 0.2) is 0 Å². The second-order valence-corrected chi connectivity index (χ2v) is 5.03. The zero-order chi connectivity index (χ0) is 14.3. The van der Waals surface area contributed by atoms with E-state index in [-0.39, 0.29) is 6.04 Å². The Morgan fingerprint density at radius 3 is 2.60 bits per heavy atom. The summed E-state index contributed by atoms with van der Waals surface area (Å²) in [7, 11) is 0. The van der Waals surface area contributed by atoms with Crippen LogP contribution in [0, 0.1) is 11.8 Å². The Morgan fingerprint density at radius 1 is 1.15 bits per heavy atom. The van der Waals surface area contributed by atoms with Gasteiger partial charge in [0, 0.05) is 24.3 Å². The fraction of sp³-hybridized carbons (Fsp3) is 0.357. The van der Waals surface area contributed by atoms with Crippen molar-refractivity contribution in [3.05, 3.63) is 35.7 Å². The van der Waals surface area contributed by atoms with Gasteiger partial charge in [-0.15, -0.1) is 0 Å². The molecule has 0 aromatic rings. The number of fused-ring (bicyclic) bond motifs is 1.